The van der Waals surface area contributed by atoms with E-state index in [1.54, 1.807) is 11.6 Å². The lowest BCUT2D eigenvalue weighted by Gasteiger charge is -2.30. The zero-order chi connectivity index (χ0) is 23.8. The zero-order valence-corrected chi connectivity index (χ0v) is 19.0. The summed E-state index contributed by atoms with van der Waals surface area (Å²) in [5.74, 6) is -3.96. The highest BCUT2D eigenvalue weighted by atomic mass is 35.5. The molecule has 0 unspecified atom stereocenters. The van der Waals surface area contributed by atoms with E-state index in [2.05, 4.69) is 15.3 Å². The molecule has 2 aliphatic rings. The minimum Gasteiger partial charge on any atom is -0.466 e. The highest BCUT2D eigenvalue weighted by Gasteiger charge is 2.45. The van der Waals surface area contributed by atoms with Gasteiger partial charge in [0.25, 0.3) is 5.92 Å². The summed E-state index contributed by atoms with van der Waals surface area (Å²) in [4.78, 5) is 23.1. The summed E-state index contributed by atoms with van der Waals surface area (Å²) in [5, 5.41) is 15.0. The Morgan fingerprint density at radius 3 is 2.88 bits per heavy atom. The Labute approximate surface area is 196 Å². The number of amidine groups is 1. The number of methoxy groups -OCH3 is 1. The van der Waals surface area contributed by atoms with Crippen molar-refractivity contribution in [3.8, 4) is 0 Å². The number of ether oxygens (including phenoxy) is 1. The van der Waals surface area contributed by atoms with Gasteiger partial charge < -0.3 is 15.2 Å². The number of aliphatic imine (C=N–C) groups is 1. The summed E-state index contributed by atoms with van der Waals surface area (Å²) >= 11 is 7.58. The predicted octanol–water partition coefficient (Wildman–Crippen LogP) is 3.16. The molecule has 7 nitrogen and oxygen atoms in total. The van der Waals surface area contributed by atoms with E-state index in [9.17, 15) is 23.1 Å². The topological polar surface area (TPSA) is 87.0 Å². The predicted molar refractivity (Wildman–Crippen MR) is 117 cm³/mol. The summed E-state index contributed by atoms with van der Waals surface area (Å²) in [7, 11) is 1.19. The molecule has 0 aliphatic carbocycles. The third-order valence-electron chi connectivity index (χ3n) is 5.48. The smallest absolute Gasteiger partial charge is 0.338 e. The van der Waals surface area contributed by atoms with Crippen LogP contribution in [0.4, 0.5) is 13.2 Å². The normalized spacial score (nSPS) is 22.8. The minimum atomic E-state index is -2.97. The number of benzene rings is 1. The average Bonchev–Trinajstić information content (AvgIpc) is 3.40. The van der Waals surface area contributed by atoms with E-state index in [1.165, 1.54) is 35.5 Å². The lowest BCUT2D eigenvalue weighted by Crippen LogP contribution is -2.42. The van der Waals surface area contributed by atoms with E-state index in [4.69, 9.17) is 16.3 Å². The number of carbonyl (C=O) groups excluding carboxylic acids is 1. The Hall–Kier alpha value is -2.47. The molecule has 33 heavy (non-hydrogen) atoms. The van der Waals surface area contributed by atoms with Gasteiger partial charge in [0.05, 0.1) is 25.8 Å². The van der Waals surface area contributed by atoms with Crippen LogP contribution in [0.15, 0.2) is 46.0 Å². The SMILES string of the molecule is COC(=O)C1=C(CN2CC(F)(F)C[C@H]2CO)NC(c2nccs2)=N[C@H]1c1ccc(F)cc1Cl. The molecule has 176 valence electrons. The lowest BCUT2D eigenvalue weighted by molar-refractivity contribution is -0.136. The highest BCUT2D eigenvalue weighted by Crippen LogP contribution is 2.38. The van der Waals surface area contributed by atoms with Crippen LogP contribution in [0.25, 0.3) is 0 Å². The van der Waals surface area contributed by atoms with Gasteiger partial charge in [-0.2, -0.15) is 0 Å². The van der Waals surface area contributed by atoms with Crippen molar-refractivity contribution in [2.45, 2.75) is 24.4 Å². The fourth-order valence-electron chi connectivity index (χ4n) is 4.00. The Morgan fingerprint density at radius 1 is 1.45 bits per heavy atom. The first-order chi connectivity index (χ1) is 15.7. The van der Waals surface area contributed by atoms with Crippen molar-refractivity contribution < 1.29 is 27.8 Å². The largest absolute Gasteiger partial charge is 0.466 e. The molecule has 0 bridgehead atoms. The molecular formula is C21H20ClF3N4O3S. The third-order valence-corrected chi connectivity index (χ3v) is 6.59. The van der Waals surface area contributed by atoms with Gasteiger partial charge in [-0.1, -0.05) is 17.7 Å². The van der Waals surface area contributed by atoms with E-state index in [0.29, 0.717) is 16.4 Å². The van der Waals surface area contributed by atoms with Gasteiger partial charge in [0.1, 0.15) is 11.9 Å². The van der Waals surface area contributed by atoms with Crippen LogP contribution in [-0.4, -0.2) is 65.6 Å². The van der Waals surface area contributed by atoms with Crippen LogP contribution < -0.4 is 5.32 Å². The minimum absolute atomic E-state index is 0.0471. The van der Waals surface area contributed by atoms with Crippen LogP contribution in [0.3, 0.4) is 0 Å². The number of thiazole rings is 1. The maximum Gasteiger partial charge on any atom is 0.338 e. The molecule has 2 atom stereocenters. The van der Waals surface area contributed by atoms with E-state index in [0.717, 1.165) is 6.07 Å². The van der Waals surface area contributed by atoms with Crippen LogP contribution in [0.2, 0.25) is 5.02 Å². The first-order valence-corrected chi connectivity index (χ1v) is 11.2. The number of halogens is 4. The quantitative estimate of drug-likeness (QED) is 0.593. The first kappa shape index (κ1) is 23.7. The fraction of sp³-hybridized carbons (Fsp3) is 0.381. The number of nitrogens with one attached hydrogen (secondary N) is 1. The monoisotopic (exact) mass is 500 g/mol. The van der Waals surface area contributed by atoms with Crippen molar-refractivity contribution in [3.05, 3.63) is 62.5 Å². The van der Waals surface area contributed by atoms with Crippen molar-refractivity contribution in [1.82, 2.24) is 15.2 Å². The molecule has 4 rings (SSSR count). The van der Waals surface area contributed by atoms with Crippen LogP contribution in [0, 0.1) is 5.82 Å². The summed E-state index contributed by atoms with van der Waals surface area (Å²) in [5.41, 5.74) is 0.666. The van der Waals surface area contributed by atoms with Gasteiger partial charge in [-0.3, -0.25) is 9.89 Å². The molecule has 2 N–H and O–H groups in total. The molecule has 1 fully saturated rings. The van der Waals surface area contributed by atoms with Crippen LogP contribution in [0.5, 0.6) is 0 Å². The lowest BCUT2D eigenvalue weighted by atomic mass is 9.95. The number of esters is 1. The van der Waals surface area contributed by atoms with E-state index < -0.39 is 49.4 Å². The molecule has 1 saturated heterocycles. The molecule has 0 saturated carbocycles. The van der Waals surface area contributed by atoms with E-state index >= 15 is 0 Å². The van der Waals surface area contributed by atoms with Gasteiger partial charge in [-0.25, -0.2) is 22.9 Å². The van der Waals surface area contributed by atoms with Gasteiger partial charge in [0, 0.05) is 46.9 Å². The summed E-state index contributed by atoms with van der Waals surface area (Å²) in [6, 6.07) is 1.94. The number of carbonyl (C=O) groups is 1. The maximum atomic E-state index is 14.1. The average molecular weight is 501 g/mol. The van der Waals surface area contributed by atoms with Crippen molar-refractivity contribution in [3.63, 3.8) is 0 Å². The van der Waals surface area contributed by atoms with Crippen LogP contribution >= 0.6 is 22.9 Å². The van der Waals surface area contributed by atoms with Gasteiger partial charge >= 0.3 is 5.97 Å². The third kappa shape index (κ3) is 4.91. The molecule has 12 heteroatoms. The summed E-state index contributed by atoms with van der Waals surface area (Å²) < 4.78 is 46.8. The second kappa shape index (κ2) is 9.41. The Kier molecular flexibility index (Phi) is 6.76. The van der Waals surface area contributed by atoms with E-state index in [-0.39, 0.29) is 22.8 Å². The number of aromatic nitrogens is 1. The molecule has 0 spiro atoms. The molecular weight excluding hydrogens is 481 g/mol. The summed E-state index contributed by atoms with van der Waals surface area (Å²) in [6.07, 6.45) is 1.08. The molecule has 0 radical (unpaired) electrons. The zero-order valence-electron chi connectivity index (χ0n) is 17.4. The number of hydrogen-bond acceptors (Lipinski definition) is 8. The van der Waals surface area contributed by atoms with Gasteiger partial charge in [0.2, 0.25) is 0 Å². The van der Waals surface area contributed by atoms with Crippen molar-refractivity contribution in [2.24, 2.45) is 4.99 Å². The Balaban J connectivity index is 1.82. The summed E-state index contributed by atoms with van der Waals surface area (Å²) in [6.45, 7) is -1.15. The second-order valence-electron chi connectivity index (χ2n) is 7.69. The molecule has 0 amide bonds. The number of nitrogens with zero attached hydrogens (tertiary/aromatic N) is 3. The number of alkyl halides is 2. The van der Waals surface area contributed by atoms with Gasteiger partial charge in [0.15, 0.2) is 10.8 Å². The van der Waals surface area contributed by atoms with Gasteiger partial charge in [-0.15, -0.1) is 11.3 Å². The first-order valence-electron chi connectivity index (χ1n) is 9.96. The number of rotatable bonds is 6. The number of likely N-dealkylation sites (tertiary alicyclic amines) is 1. The standard InChI is InChI=1S/C21H20ClF3N4O3S/c1-32-20(31)16-15(8-29-10-21(24,25)7-12(29)9-30)27-18(19-26-4-5-33-19)28-17(16)13-3-2-11(23)6-14(13)22/h2-6,12,17,30H,7-10H2,1H3,(H,27,28)/t12-,17-/m0/s1. The maximum absolute atomic E-state index is 14.1. The van der Waals surface area contributed by atoms with Crippen LogP contribution in [-0.2, 0) is 9.53 Å². The highest BCUT2D eigenvalue weighted by molar-refractivity contribution is 7.11. The van der Waals surface area contributed by atoms with E-state index in [1.807, 2.05) is 0 Å². The number of aliphatic hydroxyl groups excluding tert-OH is 1. The molecule has 2 aliphatic heterocycles. The molecule has 2 aromatic rings. The van der Waals surface area contributed by atoms with Crippen LogP contribution in [0.1, 0.15) is 23.0 Å². The Morgan fingerprint density at radius 2 is 2.24 bits per heavy atom. The number of hydrogen-bond donors (Lipinski definition) is 2. The molecule has 1 aromatic heterocycles. The van der Waals surface area contributed by atoms with Crippen molar-refractivity contribution in [2.75, 3.05) is 26.8 Å². The Bertz CT molecular complexity index is 1110. The second-order valence-corrected chi connectivity index (χ2v) is 9.00. The van der Waals surface area contributed by atoms with Crippen molar-refractivity contribution in [1.29, 1.82) is 0 Å². The van der Waals surface area contributed by atoms with Gasteiger partial charge in [-0.05, 0) is 12.1 Å². The number of aliphatic hydroxyl groups is 1. The van der Waals surface area contributed by atoms with Crippen molar-refractivity contribution >= 4 is 34.7 Å². The molecule has 3 heterocycles. The fourth-order valence-corrected chi connectivity index (χ4v) is 4.86. The molecule has 1 aromatic carbocycles.